The number of pyridine rings is 1. The Morgan fingerprint density at radius 1 is 1.09 bits per heavy atom. The van der Waals surface area contributed by atoms with E-state index in [1.807, 2.05) is 48.5 Å². The number of aromatic nitrogens is 1. The molecule has 178 valence electrons. The molecule has 0 N–H and O–H groups in total. The number of benzene rings is 2. The fraction of sp³-hybridized carbons (Fsp3) is 0.357. The lowest BCUT2D eigenvalue weighted by Crippen LogP contribution is -2.46. The van der Waals surface area contributed by atoms with E-state index in [1.54, 1.807) is 13.3 Å². The first-order valence-electron chi connectivity index (χ1n) is 11.9. The molecule has 1 amide bonds. The van der Waals surface area contributed by atoms with Gasteiger partial charge in [0.2, 0.25) is 5.91 Å². The van der Waals surface area contributed by atoms with E-state index in [0.29, 0.717) is 11.6 Å². The zero-order valence-corrected chi connectivity index (χ0v) is 20.6. The summed E-state index contributed by atoms with van der Waals surface area (Å²) >= 11 is 5.98. The summed E-state index contributed by atoms with van der Waals surface area (Å²) in [5.41, 5.74) is 2.26. The number of rotatable bonds is 8. The van der Waals surface area contributed by atoms with Crippen LogP contribution in [0.25, 0.3) is 0 Å². The second-order valence-corrected chi connectivity index (χ2v) is 9.35. The lowest BCUT2D eigenvalue weighted by Gasteiger charge is -2.37. The lowest BCUT2D eigenvalue weighted by molar-refractivity contribution is -0.139. The number of halogens is 1. The van der Waals surface area contributed by atoms with Gasteiger partial charge < -0.3 is 14.5 Å². The maximum atomic E-state index is 13.8. The molecule has 2 heterocycles. The molecular formula is C28H32ClN3O2. The Hall–Kier alpha value is -3.05. The number of ether oxygens (including phenoxy) is 1. The number of amides is 1. The predicted molar refractivity (Wildman–Crippen MR) is 137 cm³/mol. The number of methoxy groups -OCH3 is 1. The first-order valence-corrected chi connectivity index (χ1v) is 12.3. The van der Waals surface area contributed by atoms with E-state index in [4.69, 9.17) is 16.3 Å². The minimum Gasteiger partial charge on any atom is -0.496 e. The highest BCUT2D eigenvalue weighted by atomic mass is 35.5. The minimum atomic E-state index is 0.00683. The third kappa shape index (κ3) is 5.89. The Morgan fingerprint density at radius 3 is 2.47 bits per heavy atom. The first kappa shape index (κ1) is 24.1. The number of para-hydroxylation sites is 1. The van der Waals surface area contributed by atoms with Crippen LogP contribution in [0.2, 0.25) is 5.02 Å². The van der Waals surface area contributed by atoms with E-state index >= 15 is 0 Å². The van der Waals surface area contributed by atoms with Gasteiger partial charge in [-0.15, -0.1) is 0 Å². The number of nitrogens with zero attached hydrogens (tertiary/aromatic N) is 3. The van der Waals surface area contributed by atoms with Gasteiger partial charge in [-0.05, 0) is 55.5 Å². The van der Waals surface area contributed by atoms with Crippen molar-refractivity contribution in [1.82, 2.24) is 9.88 Å². The average Bonchev–Trinajstić information content (AvgIpc) is 2.88. The monoisotopic (exact) mass is 477 g/mol. The van der Waals surface area contributed by atoms with Crippen LogP contribution in [0.3, 0.4) is 0 Å². The van der Waals surface area contributed by atoms with Gasteiger partial charge in [0.05, 0.1) is 12.1 Å². The molecule has 4 rings (SSSR count). The van der Waals surface area contributed by atoms with Gasteiger partial charge in [-0.1, -0.05) is 60.1 Å². The first-order chi connectivity index (χ1) is 16.5. The Balaban J connectivity index is 1.48. The fourth-order valence-electron chi connectivity index (χ4n) is 4.68. The number of hydrogen-bond donors (Lipinski definition) is 0. The number of carbonyl (C=O) groups excluding carboxylic acids is 1. The molecule has 34 heavy (non-hydrogen) atoms. The quantitative estimate of drug-likeness (QED) is 0.422. The van der Waals surface area contributed by atoms with Gasteiger partial charge >= 0.3 is 0 Å². The largest absolute Gasteiger partial charge is 0.496 e. The normalized spacial score (nSPS) is 15.1. The molecule has 5 nitrogen and oxygen atoms in total. The molecule has 1 atom stereocenters. The molecule has 0 bridgehead atoms. The van der Waals surface area contributed by atoms with Crippen molar-refractivity contribution in [3.63, 3.8) is 0 Å². The zero-order chi connectivity index (χ0) is 23.9. The summed E-state index contributed by atoms with van der Waals surface area (Å²) in [7, 11) is 1.69. The average molecular weight is 478 g/mol. The van der Waals surface area contributed by atoms with Gasteiger partial charge in [0.25, 0.3) is 0 Å². The molecule has 0 radical (unpaired) electrons. The van der Waals surface area contributed by atoms with Gasteiger partial charge in [0.1, 0.15) is 11.6 Å². The second kappa shape index (κ2) is 11.4. The summed E-state index contributed by atoms with van der Waals surface area (Å²) in [5, 5.41) is 0.634. The number of carbonyl (C=O) groups is 1. The van der Waals surface area contributed by atoms with E-state index in [9.17, 15) is 4.79 Å². The van der Waals surface area contributed by atoms with Gasteiger partial charge in [-0.25, -0.2) is 4.98 Å². The molecule has 6 heteroatoms. The van der Waals surface area contributed by atoms with Gasteiger partial charge in [0, 0.05) is 37.8 Å². The Bertz CT molecular complexity index is 1070. The van der Waals surface area contributed by atoms with E-state index in [-0.39, 0.29) is 17.9 Å². The summed E-state index contributed by atoms with van der Waals surface area (Å²) in [5.74, 6) is 2.02. The van der Waals surface area contributed by atoms with E-state index in [0.717, 1.165) is 55.0 Å². The third-order valence-electron chi connectivity index (χ3n) is 6.60. The van der Waals surface area contributed by atoms with Crippen LogP contribution in [0.5, 0.6) is 5.75 Å². The van der Waals surface area contributed by atoms with E-state index < -0.39 is 0 Å². The van der Waals surface area contributed by atoms with Crippen LogP contribution >= 0.6 is 11.6 Å². The van der Waals surface area contributed by atoms with Crippen molar-refractivity contribution in [2.75, 3.05) is 25.1 Å². The molecule has 2 aromatic carbocycles. The summed E-state index contributed by atoms with van der Waals surface area (Å²) in [4.78, 5) is 22.6. The van der Waals surface area contributed by atoms with Crippen molar-refractivity contribution in [3.05, 3.63) is 89.1 Å². The highest BCUT2D eigenvalue weighted by Gasteiger charge is 2.31. The minimum absolute atomic E-state index is 0.00683. The molecule has 3 aromatic rings. The van der Waals surface area contributed by atoms with Crippen LogP contribution in [0, 0.1) is 5.92 Å². The molecule has 1 saturated heterocycles. The molecule has 0 saturated carbocycles. The van der Waals surface area contributed by atoms with Crippen LogP contribution in [-0.4, -0.2) is 42.0 Å². The Morgan fingerprint density at radius 2 is 1.79 bits per heavy atom. The topological polar surface area (TPSA) is 45.7 Å². The molecule has 1 fully saturated rings. The maximum absolute atomic E-state index is 13.8. The van der Waals surface area contributed by atoms with Crippen LogP contribution in [0.15, 0.2) is 72.9 Å². The Kier molecular flexibility index (Phi) is 8.07. The molecule has 0 spiro atoms. The van der Waals surface area contributed by atoms with Crippen LogP contribution in [0.4, 0.5) is 5.82 Å². The standard InChI is InChI=1S/C28H32ClN3O2/c1-21(18-24-10-6-7-11-26(24)34-2)32(20-22-8-4-3-5-9-22)28(33)23-14-16-31(17-15-23)27-13-12-25(29)19-30-27/h3-13,19,21,23H,14-18,20H2,1-2H3. The number of anilines is 1. The van der Waals surface area contributed by atoms with Gasteiger partial charge in [0.15, 0.2) is 0 Å². The van der Waals surface area contributed by atoms with E-state index in [2.05, 4.69) is 39.9 Å². The smallest absolute Gasteiger partial charge is 0.226 e. The van der Waals surface area contributed by atoms with Crippen molar-refractivity contribution in [2.24, 2.45) is 5.92 Å². The lowest BCUT2D eigenvalue weighted by atomic mass is 9.93. The van der Waals surface area contributed by atoms with Crippen molar-refractivity contribution in [2.45, 2.75) is 38.8 Å². The molecule has 1 aromatic heterocycles. The summed E-state index contributed by atoms with van der Waals surface area (Å²) in [6.45, 7) is 4.37. The summed E-state index contributed by atoms with van der Waals surface area (Å²) in [6.07, 6.45) is 4.05. The summed E-state index contributed by atoms with van der Waals surface area (Å²) < 4.78 is 5.56. The zero-order valence-electron chi connectivity index (χ0n) is 19.9. The highest BCUT2D eigenvalue weighted by Crippen LogP contribution is 2.27. The summed E-state index contributed by atoms with van der Waals surface area (Å²) in [6, 6.07) is 22.1. The van der Waals surface area contributed by atoms with Crippen LogP contribution in [0.1, 0.15) is 30.9 Å². The van der Waals surface area contributed by atoms with Crippen LogP contribution < -0.4 is 9.64 Å². The highest BCUT2D eigenvalue weighted by molar-refractivity contribution is 6.30. The molecular weight excluding hydrogens is 446 g/mol. The van der Waals surface area contributed by atoms with Crippen molar-refractivity contribution in [1.29, 1.82) is 0 Å². The second-order valence-electron chi connectivity index (χ2n) is 8.91. The van der Waals surface area contributed by atoms with Gasteiger partial charge in [-0.2, -0.15) is 0 Å². The SMILES string of the molecule is COc1ccccc1CC(C)N(Cc1ccccc1)C(=O)C1CCN(c2ccc(Cl)cn2)CC1. The predicted octanol–water partition coefficient (Wildman–Crippen LogP) is 5.62. The molecule has 0 aliphatic carbocycles. The van der Waals surface area contributed by atoms with Crippen molar-refractivity contribution >= 4 is 23.3 Å². The van der Waals surface area contributed by atoms with Crippen LogP contribution in [-0.2, 0) is 17.8 Å². The maximum Gasteiger partial charge on any atom is 0.226 e. The fourth-order valence-corrected chi connectivity index (χ4v) is 4.79. The number of hydrogen-bond acceptors (Lipinski definition) is 4. The third-order valence-corrected chi connectivity index (χ3v) is 6.82. The van der Waals surface area contributed by atoms with Crippen molar-refractivity contribution in [3.8, 4) is 5.75 Å². The molecule has 1 aliphatic rings. The van der Waals surface area contributed by atoms with Crippen molar-refractivity contribution < 1.29 is 9.53 Å². The van der Waals surface area contributed by atoms with E-state index in [1.165, 1.54) is 0 Å². The molecule has 1 aliphatic heterocycles. The number of piperidine rings is 1. The van der Waals surface area contributed by atoms with Gasteiger partial charge in [-0.3, -0.25) is 4.79 Å². The Labute approximate surface area is 207 Å². The molecule has 1 unspecified atom stereocenters.